The Hall–Kier alpha value is -3.82. The van der Waals surface area contributed by atoms with Crippen LogP contribution in [-0.2, 0) is 0 Å². The van der Waals surface area contributed by atoms with Crippen molar-refractivity contribution < 1.29 is 15.0 Å². The van der Waals surface area contributed by atoms with E-state index >= 15 is 0 Å². The van der Waals surface area contributed by atoms with Crippen LogP contribution in [0, 0.1) is 0 Å². The van der Waals surface area contributed by atoms with E-state index in [4.69, 9.17) is 10.7 Å². The van der Waals surface area contributed by atoms with Crippen LogP contribution >= 0.6 is 0 Å². The number of unbranched alkanes of at least 4 members (excludes halogenated alkanes) is 1. The van der Waals surface area contributed by atoms with Gasteiger partial charge < -0.3 is 31.1 Å². The van der Waals surface area contributed by atoms with Gasteiger partial charge in [-0.2, -0.15) is 4.98 Å². The molecule has 1 fully saturated rings. The number of aromatic hydroxyl groups is 2. The van der Waals surface area contributed by atoms with E-state index in [9.17, 15) is 15.0 Å². The molecule has 10 heteroatoms. The molecule has 1 saturated heterocycles. The lowest BCUT2D eigenvalue weighted by molar-refractivity contribution is 0.194. The number of phenols is 2. The number of carbonyl (C=O) groups excluding carboxylic acids is 1. The van der Waals surface area contributed by atoms with E-state index in [1.807, 2.05) is 0 Å². The van der Waals surface area contributed by atoms with E-state index in [1.54, 1.807) is 23.1 Å². The SMILES string of the molecule is CCCCNC(=O)N1CCN(c2nc(N)nc3ccc(-c4ccc(O)c(O)c4)nc23)CC1. The molecule has 0 bridgehead atoms. The minimum atomic E-state index is -0.216. The predicted molar refractivity (Wildman–Crippen MR) is 123 cm³/mol. The van der Waals surface area contributed by atoms with E-state index < -0.39 is 0 Å². The minimum Gasteiger partial charge on any atom is -0.504 e. The summed E-state index contributed by atoms with van der Waals surface area (Å²) in [6.07, 6.45) is 2.00. The van der Waals surface area contributed by atoms with E-state index in [-0.39, 0.29) is 23.5 Å². The third kappa shape index (κ3) is 4.43. The first-order valence-corrected chi connectivity index (χ1v) is 10.7. The smallest absolute Gasteiger partial charge is 0.317 e. The maximum absolute atomic E-state index is 12.3. The largest absolute Gasteiger partial charge is 0.504 e. The number of piperazine rings is 1. The number of fused-ring (bicyclic) bond motifs is 1. The molecule has 0 spiro atoms. The number of benzene rings is 1. The van der Waals surface area contributed by atoms with Crippen LogP contribution in [0.3, 0.4) is 0 Å². The van der Waals surface area contributed by atoms with Gasteiger partial charge in [0.15, 0.2) is 17.3 Å². The molecule has 1 aliphatic rings. The Labute approximate surface area is 185 Å². The van der Waals surface area contributed by atoms with Crippen LogP contribution in [0.4, 0.5) is 16.6 Å². The van der Waals surface area contributed by atoms with Crippen LogP contribution in [0.15, 0.2) is 30.3 Å². The summed E-state index contributed by atoms with van der Waals surface area (Å²) in [5, 5.41) is 22.4. The summed E-state index contributed by atoms with van der Waals surface area (Å²) < 4.78 is 0. The quantitative estimate of drug-likeness (QED) is 0.352. The topological polar surface area (TPSA) is 141 Å². The van der Waals surface area contributed by atoms with E-state index in [1.165, 1.54) is 12.1 Å². The van der Waals surface area contributed by atoms with E-state index in [0.29, 0.717) is 60.8 Å². The number of urea groups is 1. The fourth-order valence-electron chi connectivity index (χ4n) is 3.69. The van der Waals surface area contributed by atoms with Crippen LogP contribution in [0.25, 0.3) is 22.3 Å². The molecule has 10 nitrogen and oxygen atoms in total. The molecule has 3 heterocycles. The number of carbonyl (C=O) groups is 1. The van der Waals surface area contributed by atoms with Crippen molar-refractivity contribution in [2.75, 3.05) is 43.4 Å². The van der Waals surface area contributed by atoms with E-state index in [0.717, 1.165) is 12.8 Å². The molecule has 1 aromatic carbocycles. The second-order valence-electron chi connectivity index (χ2n) is 7.73. The summed E-state index contributed by atoms with van der Waals surface area (Å²) in [4.78, 5) is 29.7. The molecular weight excluding hydrogens is 410 g/mol. The van der Waals surface area contributed by atoms with Gasteiger partial charge in [-0.3, -0.25) is 0 Å². The van der Waals surface area contributed by atoms with Crippen LogP contribution < -0.4 is 16.0 Å². The number of nitrogens with zero attached hydrogens (tertiary/aromatic N) is 5. The maximum Gasteiger partial charge on any atom is 0.317 e. The predicted octanol–water partition coefficient (Wildman–Crippen LogP) is 2.32. The Kier molecular flexibility index (Phi) is 6.11. The van der Waals surface area contributed by atoms with Gasteiger partial charge >= 0.3 is 6.03 Å². The number of hydrogen-bond donors (Lipinski definition) is 4. The summed E-state index contributed by atoms with van der Waals surface area (Å²) in [7, 11) is 0. The lowest BCUT2D eigenvalue weighted by atomic mass is 10.1. The standard InChI is InChI=1S/C22H27N7O3/c1-2-3-8-24-22(32)29-11-9-28(10-12-29)20-19-16(26-21(23)27-20)6-5-15(25-19)14-4-7-17(30)18(31)13-14/h4-7,13,30-31H,2-3,8-12H2,1H3,(H,24,32)(H2,23,26,27). The average molecular weight is 438 g/mol. The zero-order chi connectivity index (χ0) is 22.7. The van der Waals surface area contributed by atoms with Gasteiger partial charge in [0.1, 0.15) is 5.52 Å². The van der Waals surface area contributed by atoms with Gasteiger partial charge in [-0.05, 0) is 36.8 Å². The fraction of sp³-hybridized carbons (Fsp3) is 0.364. The highest BCUT2D eigenvalue weighted by Gasteiger charge is 2.24. The summed E-state index contributed by atoms with van der Waals surface area (Å²) >= 11 is 0. The van der Waals surface area contributed by atoms with Crippen molar-refractivity contribution >= 4 is 28.8 Å². The number of hydrogen-bond acceptors (Lipinski definition) is 8. The Morgan fingerprint density at radius 3 is 2.56 bits per heavy atom. The van der Waals surface area contributed by atoms with Crippen LogP contribution in [-0.4, -0.2) is 68.8 Å². The third-order valence-electron chi connectivity index (χ3n) is 5.49. The van der Waals surface area contributed by atoms with Gasteiger partial charge in [-0.1, -0.05) is 13.3 Å². The molecule has 0 saturated carbocycles. The molecule has 1 aliphatic heterocycles. The molecule has 3 aromatic rings. The highest BCUT2D eigenvalue weighted by molar-refractivity contribution is 5.89. The van der Waals surface area contributed by atoms with Gasteiger partial charge in [-0.15, -0.1) is 0 Å². The maximum atomic E-state index is 12.3. The molecule has 0 unspecified atom stereocenters. The first kappa shape index (κ1) is 21.4. The second-order valence-corrected chi connectivity index (χ2v) is 7.73. The van der Waals surface area contributed by atoms with Crippen molar-refractivity contribution in [1.29, 1.82) is 0 Å². The van der Waals surface area contributed by atoms with Gasteiger partial charge in [0.05, 0.1) is 11.2 Å². The van der Waals surface area contributed by atoms with Gasteiger partial charge in [0.2, 0.25) is 5.95 Å². The lowest BCUT2D eigenvalue weighted by Gasteiger charge is -2.35. The number of nitrogens with two attached hydrogens (primary N) is 1. The number of rotatable bonds is 5. The van der Waals surface area contributed by atoms with Crippen LogP contribution in [0.2, 0.25) is 0 Å². The monoisotopic (exact) mass is 437 g/mol. The van der Waals surface area contributed by atoms with Crippen molar-refractivity contribution in [1.82, 2.24) is 25.2 Å². The number of anilines is 2. The zero-order valence-electron chi connectivity index (χ0n) is 18.0. The van der Waals surface area contributed by atoms with Crippen molar-refractivity contribution in [2.45, 2.75) is 19.8 Å². The van der Waals surface area contributed by atoms with Crippen molar-refractivity contribution in [3.8, 4) is 22.8 Å². The Morgan fingerprint density at radius 2 is 1.84 bits per heavy atom. The number of nitrogen functional groups attached to an aromatic ring is 1. The lowest BCUT2D eigenvalue weighted by Crippen LogP contribution is -2.52. The molecule has 0 atom stereocenters. The molecule has 32 heavy (non-hydrogen) atoms. The summed E-state index contributed by atoms with van der Waals surface area (Å²) in [6, 6.07) is 8.09. The van der Waals surface area contributed by atoms with Gasteiger partial charge in [-0.25, -0.2) is 14.8 Å². The minimum absolute atomic E-state index is 0.0438. The summed E-state index contributed by atoms with van der Waals surface area (Å²) in [5.74, 6) is 0.363. The normalized spacial score (nSPS) is 14.0. The van der Waals surface area contributed by atoms with Gasteiger partial charge in [0, 0.05) is 38.3 Å². The van der Waals surface area contributed by atoms with Gasteiger partial charge in [0.25, 0.3) is 0 Å². The Balaban J connectivity index is 1.58. The molecular formula is C22H27N7O3. The fourth-order valence-corrected chi connectivity index (χ4v) is 3.69. The number of amides is 2. The van der Waals surface area contributed by atoms with Crippen molar-refractivity contribution in [3.05, 3.63) is 30.3 Å². The first-order valence-electron chi connectivity index (χ1n) is 10.7. The molecule has 168 valence electrons. The molecule has 2 aromatic heterocycles. The average Bonchev–Trinajstić information content (AvgIpc) is 2.80. The molecule has 2 amide bonds. The number of aromatic nitrogens is 3. The highest BCUT2D eigenvalue weighted by Crippen LogP contribution is 2.32. The van der Waals surface area contributed by atoms with E-state index in [2.05, 4.69) is 27.1 Å². The molecule has 0 aliphatic carbocycles. The number of nitrogens with one attached hydrogen (secondary N) is 1. The second kappa shape index (κ2) is 9.13. The number of pyridine rings is 1. The highest BCUT2D eigenvalue weighted by atomic mass is 16.3. The van der Waals surface area contributed by atoms with Crippen molar-refractivity contribution in [3.63, 3.8) is 0 Å². The van der Waals surface area contributed by atoms with Crippen molar-refractivity contribution in [2.24, 2.45) is 0 Å². The summed E-state index contributed by atoms with van der Waals surface area (Å²) in [5.41, 5.74) is 8.41. The molecule has 0 radical (unpaired) electrons. The number of phenolic OH excluding ortho intramolecular Hbond substituents is 2. The molecule has 5 N–H and O–H groups in total. The molecule has 4 rings (SSSR count). The van der Waals surface area contributed by atoms with Crippen LogP contribution in [0.5, 0.6) is 11.5 Å². The van der Waals surface area contributed by atoms with Crippen LogP contribution in [0.1, 0.15) is 19.8 Å². The Morgan fingerprint density at radius 1 is 1.06 bits per heavy atom. The first-order chi connectivity index (χ1) is 15.5. The summed E-state index contributed by atoms with van der Waals surface area (Å²) in [6.45, 7) is 5.09. The third-order valence-corrected chi connectivity index (χ3v) is 5.49. The Bertz CT molecular complexity index is 1130. The zero-order valence-corrected chi connectivity index (χ0v) is 18.0.